The van der Waals surface area contributed by atoms with Crippen molar-refractivity contribution in [3.63, 3.8) is 0 Å². The van der Waals surface area contributed by atoms with Crippen molar-refractivity contribution in [2.45, 2.75) is 65.1 Å². The molecule has 0 amide bonds. The zero-order valence-electron chi connectivity index (χ0n) is 17.4. The molecule has 2 aromatic rings. The molecule has 0 atom stereocenters. The summed E-state index contributed by atoms with van der Waals surface area (Å²) in [5.41, 5.74) is 13.7. The van der Waals surface area contributed by atoms with Crippen LogP contribution in [0.1, 0.15) is 49.4 Å². The fraction of sp³-hybridized carbons (Fsp3) is 0.440. The second-order valence-corrected chi connectivity index (χ2v) is 8.51. The van der Waals surface area contributed by atoms with Crippen molar-refractivity contribution >= 4 is 10.9 Å². The predicted octanol–water partition coefficient (Wildman–Crippen LogP) is 5.23. The van der Waals surface area contributed by atoms with Gasteiger partial charge in [0.05, 0.1) is 0 Å². The van der Waals surface area contributed by atoms with E-state index in [1.54, 1.807) is 11.3 Å². The van der Waals surface area contributed by atoms with Gasteiger partial charge in [0.25, 0.3) is 0 Å². The zero-order valence-corrected chi connectivity index (χ0v) is 17.4. The van der Waals surface area contributed by atoms with E-state index in [9.17, 15) is 0 Å². The Bertz CT molecular complexity index is 936. The standard InChI is InChI=1S/C25H33N3/c1-4-20(10-9-19(3)26)12-15-28-24-11-8-18(2)16-22(24)23-17-27(14-13-25(23)28)21-6-5-7-21/h4,8-11,16,21H,1,5-7,12-15,17,26H2,2-3H3/b19-9-,20-10+. The molecule has 148 valence electrons. The maximum Gasteiger partial charge on any atom is 0.0486 e. The number of nitrogens with two attached hydrogens (primary N) is 1. The summed E-state index contributed by atoms with van der Waals surface area (Å²) in [6.07, 6.45) is 12.3. The number of fused-ring (bicyclic) bond motifs is 3. The maximum atomic E-state index is 5.79. The summed E-state index contributed by atoms with van der Waals surface area (Å²) < 4.78 is 2.57. The minimum atomic E-state index is 0.818. The zero-order chi connectivity index (χ0) is 19.7. The van der Waals surface area contributed by atoms with Gasteiger partial charge in [0.15, 0.2) is 0 Å². The number of hydrogen-bond acceptors (Lipinski definition) is 2. The molecular formula is C25H33N3. The normalized spacial score (nSPS) is 18.9. The summed E-state index contributed by atoms with van der Waals surface area (Å²) in [7, 11) is 0. The van der Waals surface area contributed by atoms with Gasteiger partial charge in [0.2, 0.25) is 0 Å². The molecule has 0 unspecified atom stereocenters. The number of aryl methyl sites for hydroxylation is 2. The van der Waals surface area contributed by atoms with Crippen molar-refractivity contribution in [2.75, 3.05) is 6.54 Å². The van der Waals surface area contributed by atoms with Crippen LogP contribution in [0.3, 0.4) is 0 Å². The molecule has 1 aliphatic carbocycles. The van der Waals surface area contributed by atoms with Crippen molar-refractivity contribution in [3.05, 3.63) is 71.1 Å². The predicted molar refractivity (Wildman–Crippen MR) is 119 cm³/mol. The molecule has 1 saturated carbocycles. The minimum Gasteiger partial charge on any atom is -0.402 e. The number of benzene rings is 1. The second kappa shape index (κ2) is 8.00. The fourth-order valence-electron chi connectivity index (χ4n) is 4.64. The minimum absolute atomic E-state index is 0.818. The van der Waals surface area contributed by atoms with E-state index in [0.29, 0.717) is 0 Å². The van der Waals surface area contributed by atoms with E-state index in [1.165, 1.54) is 47.8 Å². The van der Waals surface area contributed by atoms with E-state index < -0.39 is 0 Å². The van der Waals surface area contributed by atoms with Crippen LogP contribution in [-0.2, 0) is 19.5 Å². The van der Waals surface area contributed by atoms with Crippen LogP contribution >= 0.6 is 0 Å². The molecule has 3 nitrogen and oxygen atoms in total. The molecule has 1 aliphatic heterocycles. The second-order valence-electron chi connectivity index (χ2n) is 8.51. The SMILES string of the molecule is C=C/C(=C\C=C(\C)N)CCn1c2c(c3cc(C)ccc31)CN(C1CCC1)CC2. The Morgan fingerprint density at radius 3 is 2.79 bits per heavy atom. The Morgan fingerprint density at radius 2 is 2.11 bits per heavy atom. The summed E-state index contributed by atoms with van der Waals surface area (Å²) in [6, 6.07) is 7.77. The van der Waals surface area contributed by atoms with Gasteiger partial charge in [-0.3, -0.25) is 4.90 Å². The molecule has 2 N–H and O–H groups in total. The first kappa shape index (κ1) is 19.1. The van der Waals surface area contributed by atoms with Crippen molar-refractivity contribution in [1.82, 2.24) is 9.47 Å². The van der Waals surface area contributed by atoms with Gasteiger partial charge in [0.1, 0.15) is 0 Å². The Morgan fingerprint density at radius 1 is 1.29 bits per heavy atom. The molecule has 3 heteroatoms. The third-order valence-corrected chi connectivity index (χ3v) is 6.48. The number of hydrogen-bond donors (Lipinski definition) is 1. The van der Waals surface area contributed by atoms with Crippen LogP contribution in [0.25, 0.3) is 10.9 Å². The Balaban J connectivity index is 1.66. The third kappa shape index (κ3) is 3.68. The van der Waals surface area contributed by atoms with Gasteiger partial charge in [-0.15, -0.1) is 0 Å². The molecule has 0 saturated heterocycles. The van der Waals surface area contributed by atoms with Crippen LogP contribution in [-0.4, -0.2) is 22.1 Å². The van der Waals surface area contributed by atoms with E-state index in [-0.39, 0.29) is 0 Å². The van der Waals surface area contributed by atoms with Gasteiger partial charge in [-0.2, -0.15) is 0 Å². The molecule has 0 spiro atoms. The van der Waals surface area contributed by atoms with Crippen molar-refractivity contribution in [2.24, 2.45) is 5.73 Å². The highest BCUT2D eigenvalue weighted by atomic mass is 15.2. The molecule has 0 bridgehead atoms. The highest BCUT2D eigenvalue weighted by Gasteiger charge is 2.30. The van der Waals surface area contributed by atoms with Crippen molar-refractivity contribution in [1.29, 1.82) is 0 Å². The van der Waals surface area contributed by atoms with Gasteiger partial charge in [0, 0.05) is 54.4 Å². The number of rotatable bonds is 6. The quantitative estimate of drug-likeness (QED) is 0.702. The van der Waals surface area contributed by atoms with Crippen LogP contribution in [0.2, 0.25) is 0 Å². The lowest BCUT2D eigenvalue weighted by molar-refractivity contribution is 0.113. The lowest BCUT2D eigenvalue weighted by atomic mass is 9.89. The summed E-state index contributed by atoms with van der Waals surface area (Å²) in [5.74, 6) is 0. The number of aromatic nitrogens is 1. The average molecular weight is 376 g/mol. The van der Waals surface area contributed by atoms with E-state index >= 15 is 0 Å². The maximum absolute atomic E-state index is 5.79. The number of nitrogens with zero attached hydrogens (tertiary/aromatic N) is 2. The molecule has 4 rings (SSSR count). The van der Waals surface area contributed by atoms with Gasteiger partial charge >= 0.3 is 0 Å². The van der Waals surface area contributed by atoms with Crippen LogP contribution in [0.15, 0.2) is 54.3 Å². The Labute approximate surface area is 169 Å². The summed E-state index contributed by atoms with van der Waals surface area (Å²) in [6.45, 7) is 11.4. The van der Waals surface area contributed by atoms with Crippen LogP contribution in [0.4, 0.5) is 0 Å². The Hall–Kier alpha value is -2.26. The largest absolute Gasteiger partial charge is 0.402 e. The summed E-state index contributed by atoms with van der Waals surface area (Å²) in [4.78, 5) is 2.72. The van der Waals surface area contributed by atoms with E-state index in [2.05, 4.69) is 47.2 Å². The molecule has 1 fully saturated rings. The molecular weight excluding hydrogens is 342 g/mol. The topological polar surface area (TPSA) is 34.2 Å². The van der Waals surface area contributed by atoms with Gasteiger partial charge in [-0.25, -0.2) is 0 Å². The lowest BCUT2D eigenvalue weighted by Crippen LogP contribution is -2.43. The first-order valence-electron chi connectivity index (χ1n) is 10.7. The van der Waals surface area contributed by atoms with Gasteiger partial charge < -0.3 is 10.3 Å². The molecule has 0 radical (unpaired) electrons. The first-order chi connectivity index (χ1) is 13.6. The van der Waals surface area contributed by atoms with Gasteiger partial charge in [-0.05, 0) is 62.5 Å². The van der Waals surface area contributed by atoms with E-state index in [0.717, 1.165) is 37.7 Å². The van der Waals surface area contributed by atoms with Crippen LogP contribution < -0.4 is 5.73 Å². The molecule has 28 heavy (non-hydrogen) atoms. The summed E-state index contributed by atoms with van der Waals surface area (Å²) in [5, 5.41) is 1.46. The molecule has 1 aromatic heterocycles. The van der Waals surface area contributed by atoms with Crippen LogP contribution in [0.5, 0.6) is 0 Å². The van der Waals surface area contributed by atoms with Crippen molar-refractivity contribution < 1.29 is 0 Å². The van der Waals surface area contributed by atoms with E-state index in [1.807, 2.05) is 19.1 Å². The average Bonchev–Trinajstić information content (AvgIpc) is 2.93. The highest BCUT2D eigenvalue weighted by molar-refractivity contribution is 5.86. The van der Waals surface area contributed by atoms with Crippen LogP contribution in [0, 0.1) is 6.92 Å². The fourth-order valence-corrected chi connectivity index (χ4v) is 4.64. The molecule has 2 heterocycles. The summed E-state index contributed by atoms with van der Waals surface area (Å²) >= 11 is 0. The van der Waals surface area contributed by atoms with Gasteiger partial charge in [-0.1, -0.05) is 36.8 Å². The number of allylic oxidation sites excluding steroid dienone is 5. The monoisotopic (exact) mass is 375 g/mol. The highest BCUT2D eigenvalue weighted by Crippen LogP contribution is 2.35. The first-order valence-corrected chi connectivity index (χ1v) is 10.7. The molecule has 2 aliphatic rings. The smallest absolute Gasteiger partial charge is 0.0486 e. The molecule has 1 aromatic carbocycles. The lowest BCUT2D eigenvalue weighted by Gasteiger charge is -2.40. The van der Waals surface area contributed by atoms with E-state index in [4.69, 9.17) is 5.73 Å². The third-order valence-electron chi connectivity index (χ3n) is 6.48. The van der Waals surface area contributed by atoms with Crippen molar-refractivity contribution in [3.8, 4) is 0 Å². The Kier molecular flexibility index (Phi) is 5.45.